The second kappa shape index (κ2) is 7.28. The summed E-state index contributed by atoms with van der Waals surface area (Å²) < 4.78 is 44.9. The number of urea groups is 1. The predicted octanol–water partition coefficient (Wildman–Crippen LogP) is 3.02. The molecule has 11 heteroatoms. The van der Waals surface area contributed by atoms with Crippen LogP contribution in [-0.2, 0) is 25.4 Å². The zero-order valence-corrected chi connectivity index (χ0v) is 17.2. The second-order valence-corrected chi connectivity index (χ2v) is 8.13. The van der Waals surface area contributed by atoms with E-state index in [1.54, 1.807) is 0 Å². The van der Waals surface area contributed by atoms with Crippen LogP contribution in [0.3, 0.4) is 0 Å². The van der Waals surface area contributed by atoms with Crippen molar-refractivity contribution in [1.29, 1.82) is 0 Å². The van der Waals surface area contributed by atoms with E-state index >= 15 is 0 Å². The molecule has 4 rings (SSSR count). The Morgan fingerprint density at radius 2 is 2.17 bits per heavy atom. The summed E-state index contributed by atoms with van der Waals surface area (Å²) in [4.78, 5) is 17.7. The van der Waals surface area contributed by atoms with Crippen LogP contribution in [0.1, 0.15) is 29.8 Å². The Morgan fingerprint density at radius 3 is 2.90 bits per heavy atom. The Bertz CT molecular complexity index is 1070. The van der Waals surface area contributed by atoms with Gasteiger partial charge in [0.25, 0.3) is 5.92 Å². The molecule has 7 nitrogen and oxygen atoms in total. The van der Waals surface area contributed by atoms with E-state index in [-0.39, 0.29) is 54.0 Å². The molecule has 2 aromatic rings. The highest BCUT2D eigenvalue weighted by molar-refractivity contribution is 9.10. The predicted molar refractivity (Wildman–Crippen MR) is 104 cm³/mol. The zero-order valence-electron chi connectivity index (χ0n) is 15.6. The Labute approximate surface area is 178 Å². The third kappa shape index (κ3) is 3.54. The number of hydrogen-bond acceptors (Lipinski definition) is 4. The van der Waals surface area contributed by atoms with Crippen molar-refractivity contribution in [3.8, 4) is 12.3 Å². The summed E-state index contributed by atoms with van der Waals surface area (Å²) >= 11 is 2.94. The van der Waals surface area contributed by atoms with E-state index in [0.717, 1.165) is 4.68 Å². The van der Waals surface area contributed by atoms with E-state index in [1.165, 1.54) is 17.2 Å². The number of amides is 2. The number of anilines is 1. The van der Waals surface area contributed by atoms with Gasteiger partial charge in [-0.3, -0.25) is 4.68 Å². The van der Waals surface area contributed by atoms with Gasteiger partial charge in [-0.2, -0.15) is 13.9 Å². The lowest BCUT2D eigenvalue weighted by Crippen LogP contribution is -2.39. The molecular formula is C19H17BrF3N5O2. The molecule has 2 amide bonds. The van der Waals surface area contributed by atoms with Gasteiger partial charge >= 0.3 is 6.03 Å². The topological polar surface area (TPSA) is 83.3 Å². The van der Waals surface area contributed by atoms with Gasteiger partial charge in [-0.05, 0) is 28.4 Å². The Morgan fingerprint density at radius 1 is 1.40 bits per heavy atom. The van der Waals surface area contributed by atoms with Crippen molar-refractivity contribution in [2.75, 3.05) is 11.9 Å². The van der Waals surface area contributed by atoms with Gasteiger partial charge in [0.05, 0.1) is 24.5 Å². The van der Waals surface area contributed by atoms with E-state index in [1.807, 2.05) is 0 Å². The largest absolute Gasteiger partial charge is 0.376 e. The van der Waals surface area contributed by atoms with Crippen LogP contribution in [0.4, 0.5) is 23.7 Å². The molecule has 0 saturated heterocycles. The lowest BCUT2D eigenvalue weighted by atomic mass is 9.96. The van der Waals surface area contributed by atoms with Crippen molar-refractivity contribution in [2.24, 2.45) is 0 Å². The minimum Gasteiger partial charge on any atom is -0.376 e. The third-order valence-electron chi connectivity index (χ3n) is 5.36. The molecule has 1 atom stereocenters. The minimum absolute atomic E-state index is 0.0520. The highest BCUT2D eigenvalue weighted by Crippen LogP contribution is 2.42. The molecular weight excluding hydrogens is 467 g/mol. The number of carbonyl (C=O) groups excluding carboxylic acids is 1. The Kier molecular flexibility index (Phi) is 5.02. The first-order valence-corrected chi connectivity index (χ1v) is 9.96. The van der Waals surface area contributed by atoms with Crippen LogP contribution in [0.15, 0.2) is 16.9 Å². The Balaban J connectivity index is 1.62. The number of terminal acetylenes is 1. The number of carbonyl (C=O) groups is 1. The van der Waals surface area contributed by atoms with Crippen LogP contribution >= 0.6 is 15.9 Å². The number of aliphatic hydroxyl groups is 1. The number of nitrogens with one attached hydrogen (secondary N) is 1. The van der Waals surface area contributed by atoms with Gasteiger partial charge in [-0.1, -0.05) is 5.92 Å². The molecule has 2 aromatic heterocycles. The standard InChI is InChI=1S/C19H17BrF3N5O2/c1-2-18(30)5-6-19(22,23)15-11-9-27(8-4-12(11)26-28(15)10-18)17(29)25-13-3-7-24-16(20)14(13)21/h1,3,7,30H,4-6,8-10H2,(H,24,25,29). The van der Waals surface area contributed by atoms with E-state index in [2.05, 4.69) is 37.2 Å². The summed E-state index contributed by atoms with van der Waals surface area (Å²) in [6.45, 7) is -0.146. The molecule has 30 heavy (non-hydrogen) atoms. The minimum atomic E-state index is -3.26. The SMILES string of the molecule is C#CC1(O)CCC(F)(F)c2c3c(nn2C1)CCN(C(=O)Nc1ccnc(Br)c1F)C3. The number of pyridine rings is 1. The highest BCUT2D eigenvalue weighted by atomic mass is 79.9. The van der Waals surface area contributed by atoms with Crippen molar-refractivity contribution >= 4 is 27.6 Å². The normalized spacial score (nSPS) is 22.5. The first kappa shape index (κ1) is 20.7. The van der Waals surface area contributed by atoms with Crippen molar-refractivity contribution in [2.45, 2.75) is 43.9 Å². The van der Waals surface area contributed by atoms with Crippen LogP contribution in [0, 0.1) is 18.2 Å². The van der Waals surface area contributed by atoms with Gasteiger partial charge in [0.1, 0.15) is 15.9 Å². The molecule has 2 N–H and O–H groups in total. The van der Waals surface area contributed by atoms with Gasteiger partial charge < -0.3 is 15.3 Å². The second-order valence-electron chi connectivity index (χ2n) is 7.38. The van der Waals surface area contributed by atoms with Crippen LogP contribution in [0.2, 0.25) is 0 Å². The van der Waals surface area contributed by atoms with Crippen molar-refractivity contribution in [1.82, 2.24) is 19.7 Å². The molecule has 4 heterocycles. The maximum Gasteiger partial charge on any atom is 0.322 e. The number of halogens is 4. The fraction of sp³-hybridized carbons (Fsp3) is 0.421. The molecule has 2 aliphatic heterocycles. The smallest absolute Gasteiger partial charge is 0.322 e. The number of rotatable bonds is 1. The summed E-state index contributed by atoms with van der Waals surface area (Å²) in [6.07, 6.45) is 6.01. The van der Waals surface area contributed by atoms with Gasteiger partial charge in [0.2, 0.25) is 0 Å². The third-order valence-corrected chi connectivity index (χ3v) is 5.91. The quantitative estimate of drug-likeness (QED) is 0.482. The van der Waals surface area contributed by atoms with Gasteiger partial charge in [-0.15, -0.1) is 6.42 Å². The fourth-order valence-electron chi connectivity index (χ4n) is 3.76. The number of fused-ring (bicyclic) bond motifs is 3. The first-order valence-electron chi connectivity index (χ1n) is 9.16. The molecule has 0 saturated carbocycles. The van der Waals surface area contributed by atoms with E-state index in [0.29, 0.717) is 5.69 Å². The number of aromatic nitrogens is 3. The molecule has 0 bridgehead atoms. The molecule has 0 spiro atoms. The zero-order chi connectivity index (χ0) is 21.7. The average Bonchev–Trinajstić information content (AvgIpc) is 3.02. The van der Waals surface area contributed by atoms with Gasteiger partial charge in [-0.25, -0.2) is 14.2 Å². The number of alkyl halides is 2. The maximum atomic E-state index is 14.9. The highest BCUT2D eigenvalue weighted by Gasteiger charge is 2.46. The monoisotopic (exact) mass is 483 g/mol. The lowest BCUT2D eigenvalue weighted by molar-refractivity contribution is -0.0300. The van der Waals surface area contributed by atoms with E-state index < -0.39 is 29.8 Å². The van der Waals surface area contributed by atoms with Crippen LogP contribution < -0.4 is 5.32 Å². The van der Waals surface area contributed by atoms with Crippen molar-refractivity contribution in [3.63, 3.8) is 0 Å². The van der Waals surface area contributed by atoms with Crippen molar-refractivity contribution in [3.05, 3.63) is 39.6 Å². The van der Waals surface area contributed by atoms with Crippen molar-refractivity contribution < 1.29 is 23.1 Å². The molecule has 0 radical (unpaired) electrons. The molecule has 0 fully saturated rings. The average molecular weight is 484 g/mol. The summed E-state index contributed by atoms with van der Waals surface area (Å²) in [5.41, 5.74) is -1.45. The van der Waals surface area contributed by atoms with Gasteiger partial charge in [0.15, 0.2) is 5.82 Å². The first-order chi connectivity index (χ1) is 14.1. The Hall–Kier alpha value is -2.58. The lowest BCUT2D eigenvalue weighted by Gasteiger charge is -2.28. The van der Waals surface area contributed by atoms with E-state index in [9.17, 15) is 23.1 Å². The maximum absolute atomic E-state index is 14.9. The summed E-state index contributed by atoms with van der Waals surface area (Å²) in [6, 6.07) is 0.670. The van der Waals surface area contributed by atoms with Crippen LogP contribution in [0.25, 0.3) is 0 Å². The number of hydrogen-bond donors (Lipinski definition) is 2. The molecule has 158 valence electrons. The molecule has 2 aliphatic rings. The van der Waals surface area contributed by atoms with E-state index in [4.69, 9.17) is 6.42 Å². The molecule has 0 aliphatic carbocycles. The number of nitrogens with zero attached hydrogens (tertiary/aromatic N) is 4. The van der Waals surface area contributed by atoms with Gasteiger partial charge in [0, 0.05) is 31.1 Å². The van der Waals surface area contributed by atoms with Crippen LogP contribution in [-0.4, -0.2) is 42.9 Å². The summed E-state index contributed by atoms with van der Waals surface area (Å²) in [7, 11) is 0. The molecule has 0 aromatic carbocycles. The fourth-order valence-corrected chi connectivity index (χ4v) is 4.09. The molecule has 1 unspecified atom stereocenters. The summed E-state index contributed by atoms with van der Waals surface area (Å²) in [5.74, 6) is -1.81. The summed E-state index contributed by atoms with van der Waals surface area (Å²) in [5, 5.41) is 17.1. The van der Waals surface area contributed by atoms with Crippen LogP contribution in [0.5, 0.6) is 0 Å².